The third kappa shape index (κ3) is 1.97. The highest BCUT2D eigenvalue weighted by Gasteiger charge is 2.45. The van der Waals surface area contributed by atoms with Crippen molar-refractivity contribution in [2.45, 2.75) is 31.8 Å². The molecule has 7 nitrogen and oxygen atoms in total. The molecule has 4 rings (SSSR count). The van der Waals surface area contributed by atoms with Crippen LogP contribution in [0.15, 0.2) is 24.3 Å². The monoisotopic (exact) mass is 286 g/mol. The first-order chi connectivity index (χ1) is 10.2. The van der Waals surface area contributed by atoms with Crippen LogP contribution >= 0.6 is 0 Å². The first-order valence-corrected chi connectivity index (χ1v) is 6.87. The Hall–Kier alpha value is -2.12. The molecular weight excluding hydrogens is 272 g/mol. The number of hydrogen-bond donors (Lipinski definition) is 0. The fourth-order valence-electron chi connectivity index (χ4n) is 2.89. The van der Waals surface area contributed by atoms with Gasteiger partial charge in [0.2, 0.25) is 6.29 Å². The van der Waals surface area contributed by atoms with Crippen molar-refractivity contribution < 1.29 is 14.3 Å². The molecule has 0 unspecified atom stereocenters. The third-order valence-corrected chi connectivity index (χ3v) is 4.01. The Morgan fingerprint density at radius 1 is 1.33 bits per heavy atom. The van der Waals surface area contributed by atoms with Gasteiger partial charge >= 0.3 is 0 Å². The summed E-state index contributed by atoms with van der Waals surface area (Å²) >= 11 is 0. The maximum Gasteiger partial charge on any atom is 0.218 e. The molecule has 7 heteroatoms. The molecule has 2 aromatic rings. The standard InChI is InChI=1S/C14H14N4O3/c1-8-4-2-3-5-9(8)13-15-16-17-18(13)10-6-11(19)14-20-7-12(10)21-14/h2-5,10,12,14H,6-7H2,1H3/t10-,12+,14+/m1/s1. The molecule has 2 bridgehead atoms. The van der Waals surface area contributed by atoms with Gasteiger partial charge in [-0.15, -0.1) is 5.10 Å². The molecule has 0 radical (unpaired) electrons. The topological polar surface area (TPSA) is 79.1 Å². The minimum atomic E-state index is -0.704. The van der Waals surface area contributed by atoms with Crippen molar-refractivity contribution in [3.05, 3.63) is 29.8 Å². The second kappa shape index (κ2) is 4.71. The second-order valence-electron chi connectivity index (χ2n) is 5.34. The number of tetrazole rings is 1. The number of aryl methyl sites for hydroxylation is 1. The van der Waals surface area contributed by atoms with Gasteiger partial charge in [0.15, 0.2) is 11.6 Å². The Bertz CT molecular complexity index is 699. The molecule has 3 atom stereocenters. The van der Waals surface area contributed by atoms with Crippen LogP contribution in [0.5, 0.6) is 0 Å². The van der Waals surface area contributed by atoms with E-state index >= 15 is 0 Å². The van der Waals surface area contributed by atoms with Crippen LogP contribution in [0.3, 0.4) is 0 Å². The fourth-order valence-corrected chi connectivity index (χ4v) is 2.89. The number of carbonyl (C=O) groups is 1. The molecule has 2 aliphatic heterocycles. The van der Waals surface area contributed by atoms with Gasteiger partial charge in [-0.2, -0.15) is 0 Å². The van der Waals surface area contributed by atoms with Gasteiger partial charge in [0.1, 0.15) is 6.10 Å². The van der Waals surface area contributed by atoms with E-state index in [1.54, 1.807) is 4.68 Å². The van der Waals surface area contributed by atoms with Crippen molar-refractivity contribution in [1.82, 2.24) is 20.2 Å². The van der Waals surface area contributed by atoms with E-state index in [4.69, 9.17) is 9.47 Å². The molecule has 0 saturated carbocycles. The molecule has 2 saturated heterocycles. The zero-order valence-corrected chi connectivity index (χ0v) is 11.5. The van der Waals surface area contributed by atoms with E-state index in [1.165, 1.54) is 0 Å². The summed E-state index contributed by atoms with van der Waals surface area (Å²) in [5, 5.41) is 12.0. The van der Waals surface area contributed by atoms with Gasteiger partial charge in [0, 0.05) is 12.0 Å². The van der Waals surface area contributed by atoms with Crippen LogP contribution in [0.25, 0.3) is 11.4 Å². The number of hydrogen-bond acceptors (Lipinski definition) is 6. The molecule has 1 aromatic heterocycles. The highest BCUT2D eigenvalue weighted by molar-refractivity contribution is 5.83. The average molecular weight is 286 g/mol. The summed E-state index contributed by atoms with van der Waals surface area (Å²) in [6.45, 7) is 2.40. The van der Waals surface area contributed by atoms with E-state index < -0.39 is 6.29 Å². The molecule has 1 aromatic carbocycles. The van der Waals surface area contributed by atoms with Crippen molar-refractivity contribution in [3.8, 4) is 11.4 Å². The lowest BCUT2D eigenvalue weighted by Crippen LogP contribution is -2.37. The molecule has 0 amide bonds. The van der Waals surface area contributed by atoms with Crippen molar-refractivity contribution in [3.63, 3.8) is 0 Å². The van der Waals surface area contributed by atoms with Gasteiger partial charge in [0.25, 0.3) is 0 Å². The van der Waals surface area contributed by atoms with Crippen LogP contribution in [0.4, 0.5) is 0 Å². The molecule has 3 heterocycles. The molecule has 21 heavy (non-hydrogen) atoms. The minimum Gasteiger partial charge on any atom is -0.343 e. The lowest BCUT2D eigenvalue weighted by Gasteiger charge is -2.26. The zero-order chi connectivity index (χ0) is 14.4. The number of fused-ring (bicyclic) bond motifs is 2. The number of nitrogens with zero attached hydrogens (tertiary/aromatic N) is 4. The number of Topliss-reactive ketones (excluding diaryl/α,β-unsaturated/α-hetero) is 1. The summed E-state index contributed by atoms with van der Waals surface area (Å²) in [5.74, 6) is 0.597. The predicted octanol–water partition coefficient (Wildman–Crippen LogP) is 0.904. The second-order valence-corrected chi connectivity index (χ2v) is 5.34. The zero-order valence-electron chi connectivity index (χ0n) is 11.5. The number of ether oxygens (including phenoxy) is 2. The number of benzene rings is 1. The van der Waals surface area contributed by atoms with Crippen LogP contribution < -0.4 is 0 Å². The van der Waals surface area contributed by atoms with Crippen LogP contribution in [0.1, 0.15) is 18.0 Å². The molecule has 0 aliphatic carbocycles. The van der Waals surface area contributed by atoms with Crippen molar-refractivity contribution in [2.75, 3.05) is 6.61 Å². The molecule has 0 N–H and O–H groups in total. The van der Waals surface area contributed by atoms with Crippen LogP contribution in [0.2, 0.25) is 0 Å². The highest BCUT2D eigenvalue weighted by atomic mass is 16.7. The molecule has 108 valence electrons. The average Bonchev–Trinajstić information content (AvgIpc) is 3.12. The van der Waals surface area contributed by atoms with Crippen LogP contribution in [0, 0.1) is 6.92 Å². The summed E-state index contributed by atoms with van der Waals surface area (Å²) in [4.78, 5) is 11.9. The fraction of sp³-hybridized carbons (Fsp3) is 0.429. The van der Waals surface area contributed by atoms with E-state index in [9.17, 15) is 4.79 Å². The summed E-state index contributed by atoms with van der Waals surface area (Å²) in [6, 6.07) is 7.66. The summed E-state index contributed by atoms with van der Waals surface area (Å²) in [5.41, 5.74) is 2.04. The van der Waals surface area contributed by atoms with E-state index in [0.29, 0.717) is 18.9 Å². The lowest BCUT2D eigenvalue weighted by atomic mass is 10.0. The third-order valence-electron chi connectivity index (χ3n) is 4.01. The normalized spacial score (nSPS) is 28.0. The van der Waals surface area contributed by atoms with Gasteiger partial charge in [0.05, 0.1) is 12.6 Å². The number of aromatic nitrogens is 4. The molecule has 0 spiro atoms. The van der Waals surface area contributed by atoms with E-state index in [-0.39, 0.29) is 17.9 Å². The number of rotatable bonds is 2. The van der Waals surface area contributed by atoms with Gasteiger partial charge in [-0.1, -0.05) is 24.3 Å². The summed E-state index contributed by atoms with van der Waals surface area (Å²) in [7, 11) is 0. The summed E-state index contributed by atoms with van der Waals surface area (Å²) in [6.07, 6.45) is -0.553. The van der Waals surface area contributed by atoms with E-state index in [2.05, 4.69) is 15.5 Å². The van der Waals surface area contributed by atoms with Gasteiger partial charge in [-0.25, -0.2) is 4.68 Å². The van der Waals surface area contributed by atoms with Crippen molar-refractivity contribution >= 4 is 5.78 Å². The molecule has 2 fully saturated rings. The van der Waals surface area contributed by atoms with Crippen molar-refractivity contribution in [2.24, 2.45) is 0 Å². The predicted molar refractivity (Wildman–Crippen MR) is 71.3 cm³/mol. The first-order valence-electron chi connectivity index (χ1n) is 6.87. The minimum absolute atomic E-state index is 0.0556. The Morgan fingerprint density at radius 3 is 3.05 bits per heavy atom. The van der Waals surface area contributed by atoms with Crippen LogP contribution in [-0.2, 0) is 14.3 Å². The van der Waals surface area contributed by atoms with Gasteiger partial charge in [-0.3, -0.25) is 4.79 Å². The smallest absolute Gasteiger partial charge is 0.218 e. The quantitative estimate of drug-likeness (QED) is 0.816. The molecular formula is C14H14N4O3. The maximum absolute atomic E-state index is 11.9. The summed E-state index contributed by atoms with van der Waals surface area (Å²) < 4.78 is 12.6. The van der Waals surface area contributed by atoms with E-state index in [0.717, 1.165) is 11.1 Å². The Balaban J connectivity index is 1.76. The van der Waals surface area contributed by atoms with Crippen LogP contribution in [-0.4, -0.2) is 45.0 Å². The first kappa shape index (κ1) is 12.6. The largest absolute Gasteiger partial charge is 0.343 e. The number of carbonyl (C=O) groups excluding carboxylic acids is 1. The Kier molecular flexibility index (Phi) is 2.83. The number of ketones is 1. The Labute approximate surface area is 120 Å². The molecule has 2 aliphatic rings. The van der Waals surface area contributed by atoms with Gasteiger partial charge < -0.3 is 9.47 Å². The van der Waals surface area contributed by atoms with Gasteiger partial charge in [-0.05, 0) is 22.9 Å². The lowest BCUT2D eigenvalue weighted by molar-refractivity contribution is -0.156. The highest BCUT2D eigenvalue weighted by Crippen LogP contribution is 2.34. The Morgan fingerprint density at radius 2 is 2.19 bits per heavy atom. The van der Waals surface area contributed by atoms with Crippen molar-refractivity contribution in [1.29, 1.82) is 0 Å². The maximum atomic E-state index is 11.9. The SMILES string of the molecule is Cc1ccccc1-c1nnnn1[C@@H]1CC(=O)[C@H]2OC[C@@H]1O2. The van der Waals surface area contributed by atoms with E-state index in [1.807, 2.05) is 31.2 Å².